The fourth-order valence-corrected chi connectivity index (χ4v) is 18.7. The summed E-state index contributed by atoms with van der Waals surface area (Å²) in [5, 5.41) is 6.29. The van der Waals surface area contributed by atoms with Gasteiger partial charge in [-0.25, -0.2) is 28.2 Å². The van der Waals surface area contributed by atoms with Crippen LogP contribution in [0.3, 0.4) is 0 Å². The normalized spacial score (nSPS) is 16.8. The van der Waals surface area contributed by atoms with Crippen LogP contribution in [-0.2, 0) is 36.8 Å². The third-order valence-corrected chi connectivity index (χ3v) is 25.3. The number of benzene rings is 8. The summed E-state index contributed by atoms with van der Waals surface area (Å²) in [7, 11) is 6.41. The average molecular weight is 1710 g/mol. The maximum Gasteiger partial charge on any atom is 0.259 e. The molecular formula is C94H93F2N15O7S4. The van der Waals surface area contributed by atoms with Gasteiger partial charge in [0.25, 0.3) is 35.4 Å². The number of rotatable bonds is 17. The van der Waals surface area contributed by atoms with Crippen molar-refractivity contribution in [2.75, 3.05) is 67.4 Å². The lowest BCUT2D eigenvalue weighted by atomic mass is 9.75. The Bertz CT molecular complexity index is 5790. The van der Waals surface area contributed by atoms with Gasteiger partial charge in [0.2, 0.25) is 5.91 Å². The van der Waals surface area contributed by atoms with Gasteiger partial charge in [-0.2, -0.15) is 0 Å². The van der Waals surface area contributed by atoms with Gasteiger partial charge in [0.1, 0.15) is 33.8 Å². The van der Waals surface area contributed by atoms with E-state index in [0.717, 1.165) is 116 Å². The monoisotopic (exact) mass is 1710 g/mol. The number of carbonyl (C=O) groups excluding carboxylic acids is 7. The molecule has 7 fully saturated rings. The van der Waals surface area contributed by atoms with Gasteiger partial charge in [0, 0.05) is 80.1 Å². The number of carbonyl (C=O) groups is 7. The van der Waals surface area contributed by atoms with E-state index < -0.39 is 45.6 Å². The zero-order valence-electron chi connectivity index (χ0n) is 69.9. The Hall–Kier alpha value is -12.6. The Labute approximate surface area is 732 Å². The lowest BCUT2D eigenvalue weighted by Gasteiger charge is -2.43. The van der Waals surface area contributed by atoms with Crippen molar-refractivity contribution < 1.29 is 42.3 Å². The summed E-state index contributed by atoms with van der Waals surface area (Å²) < 4.78 is 29.3. The fraction of sp³-hybridized carbons (Fsp3) is 0.330. The van der Waals surface area contributed by atoms with Crippen molar-refractivity contribution in [2.24, 2.45) is 0 Å². The second-order valence-corrected chi connectivity index (χ2v) is 33.5. The predicted molar refractivity (Wildman–Crippen MR) is 491 cm³/mol. The van der Waals surface area contributed by atoms with Gasteiger partial charge < -0.3 is 35.1 Å². The number of hydrogen-bond acceptors (Lipinski definition) is 11. The van der Waals surface area contributed by atoms with E-state index in [0.29, 0.717) is 80.7 Å². The standard InChI is InChI=1S/C26H28N4O2S.C24H25N3OS.C23H21FN4O2S.C21H19FN4O2S/c1-18-17-21(13-14-22(18)27-2)29-24(32)26(15-6-16-26)30(25(29)33)20-11-9-19(10-12-20)7-5-8-23(31)28(3)4;1-4-5-7-18-8-10-19(11-9-18)27-23(29)26(22(28)24(27)14-6-15-24)20-12-13-21(25-3)17(2)16-20;1-14-12-15(7-9-19(14)25-2)27-21(30)23(10-4-5-11-23)28(22(27)31)16-6-8-17(18(24)13-16)20(29)26-3;1-12-10-13(7-9-17(12)23-4)25-19(28)21(2,3)26(20(25)29)14-6-8-15(16(22)11-14)18(27)24-5/h9-14,17H,5-8,15-16H2,1,3-4H3;8-13,16H,4-7,14-15H2,1-2H3;6-9,12-13H,4-5,10-11H2,1,3H3,(H,26,29);6-11H,1-3,5H3,(H,24,27). The van der Waals surface area contributed by atoms with E-state index in [1.165, 1.54) is 66.6 Å². The summed E-state index contributed by atoms with van der Waals surface area (Å²) in [6.45, 7) is 41.9. The number of nitrogens with one attached hydrogen (secondary N) is 2. The van der Waals surface area contributed by atoms with Gasteiger partial charge in [0.05, 0.1) is 37.4 Å². The van der Waals surface area contributed by atoms with Gasteiger partial charge in [-0.15, -0.1) is 0 Å². The molecule has 28 heteroatoms. The van der Waals surface area contributed by atoms with Crippen LogP contribution in [0, 0.1) is 65.6 Å². The lowest BCUT2D eigenvalue weighted by Crippen LogP contribution is -2.55. The number of aryl methyl sites for hydroxylation is 6. The summed E-state index contributed by atoms with van der Waals surface area (Å²) in [6.07, 6.45) is 13.8. The van der Waals surface area contributed by atoms with Gasteiger partial charge in [-0.3, -0.25) is 53.2 Å². The molecule has 2 N–H and O–H groups in total. The SMILES string of the molecule is [C-]#[N+]c1ccc(N2C(=O)C(C)(C)N(c3ccc(C(=O)NC)c(F)c3)C2=S)cc1C.[C-]#[N+]c1ccc(N2C(=O)C3(CCC3)N(c3ccc(CCCC(=O)N(C)C)cc3)C2=S)cc1C.[C-]#[N+]c1ccc(N2C(=O)C3(CCC3)N(c3ccc(CCCC)cc3)C2=S)cc1C.[C-]#[N+]c1ccc(N2C(=O)C3(CCCC3)N(c3ccc(C(=O)NC)c(F)c3)C2=S)cc1C. The van der Waals surface area contributed by atoms with E-state index in [1.54, 1.807) is 126 Å². The molecule has 0 aromatic heterocycles. The number of halogens is 2. The molecule has 3 saturated carbocycles. The van der Waals surface area contributed by atoms with Crippen molar-refractivity contribution in [3.05, 3.63) is 260 Å². The van der Waals surface area contributed by atoms with E-state index in [-0.39, 0.29) is 50.9 Å². The molecule has 624 valence electrons. The third-order valence-electron chi connectivity index (χ3n) is 23.9. The van der Waals surface area contributed by atoms with Crippen molar-refractivity contribution in [1.82, 2.24) is 15.5 Å². The topological polar surface area (TPSA) is 190 Å². The Morgan fingerprint density at radius 3 is 0.984 bits per heavy atom. The highest BCUT2D eigenvalue weighted by Gasteiger charge is 2.62. The molecule has 4 heterocycles. The average Bonchev–Trinajstić information content (AvgIpc) is 1.55. The molecule has 0 atom stereocenters. The minimum absolute atomic E-state index is 0.0139. The molecule has 7 amide bonds. The van der Waals surface area contributed by atoms with Crippen LogP contribution in [0.15, 0.2) is 158 Å². The van der Waals surface area contributed by atoms with Crippen LogP contribution < -0.4 is 49.8 Å². The first kappa shape index (κ1) is 88.7. The number of nitrogens with zero attached hydrogens (tertiary/aromatic N) is 13. The van der Waals surface area contributed by atoms with Gasteiger partial charge >= 0.3 is 0 Å². The first-order valence-corrected chi connectivity index (χ1v) is 42.0. The van der Waals surface area contributed by atoms with Gasteiger partial charge in [0.15, 0.2) is 43.2 Å². The zero-order chi connectivity index (χ0) is 88.2. The van der Waals surface area contributed by atoms with Crippen LogP contribution in [0.1, 0.15) is 165 Å². The van der Waals surface area contributed by atoms with Crippen molar-refractivity contribution >= 4 is 179 Å². The molecule has 3 spiro atoms. The molecule has 15 rings (SSSR count). The van der Waals surface area contributed by atoms with E-state index in [9.17, 15) is 42.3 Å². The Morgan fingerprint density at radius 2 is 0.697 bits per heavy atom. The molecule has 7 aliphatic rings. The first-order valence-electron chi connectivity index (χ1n) is 40.4. The highest BCUT2D eigenvalue weighted by Crippen LogP contribution is 2.52. The highest BCUT2D eigenvalue weighted by molar-refractivity contribution is 7.81. The summed E-state index contributed by atoms with van der Waals surface area (Å²) in [5.41, 5.74) is 9.88. The van der Waals surface area contributed by atoms with Crippen LogP contribution in [0.25, 0.3) is 19.4 Å². The van der Waals surface area contributed by atoms with E-state index in [4.69, 9.17) is 75.2 Å². The maximum atomic E-state index is 14.7. The molecule has 0 unspecified atom stereocenters. The summed E-state index contributed by atoms with van der Waals surface area (Å²) in [6, 6.07) is 46.2. The maximum absolute atomic E-state index is 14.7. The molecule has 0 bridgehead atoms. The summed E-state index contributed by atoms with van der Waals surface area (Å²) in [4.78, 5) is 119. The quantitative estimate of drug-likeness (QED) is 0.0646. The minimum Gasteiger partial charge on any atom is -0.355 e. The molecule has 8 aromatic rings. The van der Waals surface area contributed by atoms with Crippen LogP contribution in [0.5, 0.6) is 0 Å². The van der Waals surface area contributed by atoms with Crippen molar-refractivity contribution in [1.29, 1.82) is 0 Å². The van der Waals surface area contributed by atoms with Gasteiger partial charge in [-0.1, -0.05) is 74.7 Å². The van der Waals surface area contributed by atoms with Crippen LogP contribution in [0.4, 0.5) is 77.0 Å². The Balaban J connectivity index is 0.000000149. The number of anilines is 8. The molecular weight excluding hydrogens is 1620 g/mol. The summed E-state index contributed by atoms with van der Waals surface area (Å²) in [5.74, 6) is -2.63. The molecule has 4 aliphatic heterocycles. The molecule has 3 aliphatic carbocycles. The van der Waals surface area contributed by atoms with Crippen LogP contribution >= 0.6 is 48.9 Å². The lowest BCUT2D eigenvalue weighted by molar-refractivity contribution is -0.129. The number of amides is 7. The van der Waals surface area contributed by atoms with E-state index >= 15 is 0 Å². The largest absolute Gasteiger partial charge is 0.355 e. The van der Waals surface area contributed by atoms with Crippen molar-refractivity contribution in [3.63, 3.8) is 0 Å². The number of unbranched alkanes of at least 4 members (excludes halogenated alkanes) is 1. The number of thiocarbonyl (C=S) groups is 4. The molecule has 8 aromatic carbocycles. The van der Waals surface area contributed by atoms with Crippen molar-refractivity contribution in [3.8, 4) is 0 Å². The second-order valence-electron chi connectivity index (χ2n) is 32.0. The number of hydrogen-bond donors (Lipinski definition) is 2. The summed E-state index contributed by atoms with van der Waals surface area (Å²) >= 11 is 23.0. The van der Waals surface area contributed by atoms with Crippen LogP contribution in [-0.4, -0.2) is 117 Å². The molecule has 122 heavy (non-hydrogen) atoms. The predicted octanol–water partition coefficient (Wildman–Crippen LogP) is 19.4. The Kier molecular flexibility index (Phi) is 26.5. The van der Waals surface area contributed by atoms with E-state index in [1.807, 2.05) is 56.0 Å². The second kappa shape index (κ2) is 36.4. The Morgan fingerprint density at radius 1 is 0.410 bits per heavy atom. The van der Waals surface area contributed by atoms with Gasteiger partial charge in [-0.05, 0) is 310 Å². The van der Waals surface area contributed by atoms with Crippen molar-refractivity contribution in [2.45, 2.75) is 173 Å². The van der Waals surface area contributed by atoms with Crippen LogP contribution in [0.2, 0.25) is 0 Å². The molecule has 0 radical (unpaired) electrons. The molecule has 4 saturated heterocycles. The fourth-order valence-electron chi connectivity index (χ4n) is 16.7. The minimum atomic E-state index is -1.07. The smallest absolute Gasteiger partial charge is 0.259 e. The molecule has 22 nitrogen and oxygen atoms in total. The van der Waals surface area contributed by atoms with E-state index in [2.05, 4.69) is 78.2 Å². The first-order chi connectivity index (χ1) is 58.3. The zero-order valence-corrected chi connectivity index (χ0v) is 73.2. The highest BCUT2D eigenvalue weighted by atomic mass is 32.1. The third kappa shape index (κ3) is 16.4.